The number of carboxylic acid groups (broad SMARTS) is 1. The first-order chi connectivity index (χ1) is 12.4. The van der Waals surface area contributed by atoms with Crippen LogP contribution in [0.15, 0.2) is 29.2 Å². The Bertz CT molecular complexity index is 788. The summed E-state index contributed by atoms with van der Waals surface area (Å²) in [5.74, 6) is -1.65. The number of rotatable bonds is 4. The highest BCUT2D eigenvalue weighted by Gasteiger charge is 2.34. The Labute approximate surface area is 152 Å². The van der Waals surface area contributed by atoms with E-state index in [-0.39, 0.29) is 30.2 Å². The van der Waals surface area contributed by atoms with Crippen LogP contribution in [0.5, 0.6) is 0 Å². The summed E-state index contributed by atoms with van der Waals surface area (Å²) in [5, 5.41) is 9.28. The topological polar surface area (TPSA) is 104 Å². The number of sulfonamides is 1. The van der Waals surface area contributed by atoms with Crippen molar-refractivity contribution in [3.05, 3.63) is 29.8 Å². The molecule has 1 aromatic carbocycles. The summed E-state index contributed by atoms with van der Waals surface area (Å²) < 4.78 is 32.2. The highest BCUT2D eigenvalue weighted by atomic mass is 32.2. The monoisotopic (exact) mass is 382 g/mol. The van der Waals surface area contributed by atoms with Crippen LogP contribution >= 0.6 is 0 Å². The lowest BCUT2D eigenvalue weighted by atomic mass is 10.1. The summed E-state index contributed by atoms with van der Waals surface area (Å²) in [4.78, 5) is 25.4. The molecule has 8 nitrogen and oxygen atoms in total. The second-order valence-corrected chi connectivity index (χ2v) is 8.36. The predicted molar refractivity (Wildman–Crippen MR) is 92.3 cm³/mol. The van der Waals surface area contributed by atoms with E-state index in [1.807, 2.05) is 0 Å². The lowest BCUT2D eigenvalue weighted by Gasteiger charge is -2.33. The first-order valence-corrected chi connectivity index (χ1v) is 10.1. The van der Waals surface area contributed by atoms with Crippen LogP contribution in [0.4, 0.5) is 0 Å². The zero-order valence-electron chi connectivity index (χ0n) is 14.3. The number of carbonyl (C=O) groups is 2. The molecule has 0 aliphatic carbocycles. The van der Waals surface area contributed by atoms with E-state index in [0.717, 1.165) is 19.3 Å². The van der Waals surface area contributed by atoms with Crippen LogP contribution in [0.25, 0.3) is 0 Å². The Morgan fingerprint density at radius 1 is 1.12 bits per heavy atom. The molecule has 3 rings (SSSR count). The van der Waals surface area contributed by atoms with Gasteiger partial charge in [-0.1, -0.05) is 12.5 Å². The largest absolute Gasteiger partial charge is 0.480 e. The smallest absolute Gasteiger partial charge is 0.328 e. The molecule has 2 aliphatic rings. The molecule has 1 atom stereocenters. The van der Waals surface area contributed by atoms with E-state index in [1.54, 1.807) is 0 Å². The summed E-state index contributed by atoms with van der Waals surface area (Å²) in [6, 6.07) is 4.75. The number of morpholine rings is 1. The van der Waals surface area contributed by atoms with Gasteiger partial charge in [-0.05, 0) is 31.0 Å². The Kier molecular flexibility index (Phi) is 5.59. The van der Waals surface area contributed by atoms with E-state index in [9.17, 15) is 23.1 Å². The number of hydrogen-bond acceptors (Lipinski definition) is 5. The fourth-order valence-corrected chi connectivity index (χ4v) is 4.82. The van der Waals surface area contributed by atoms with Gasteiger partial charge >= 0.3 is 5.97 Å². The van der Waals surface area contributed by atoms with Crippen LogP contribution in [0.3, 0.4) is 0 Å². The molecule has 0 spiro atoms. The zero-order chi connectivity index (χ0) is 18.7. The van der Waals surface area contributed by atoms with Gasteiger partial charge in [-0.15, -0.1) is 0 Å². The lowest BCUT2D eigenvalue weighted by molar-refractivity contribution is -0.147. The molecule has 142 valence electrons. The normalized spacial score (nSPS) is 22.2. The first-order valence-electron chi connectivity index (χ1n) is 8.63. The number of carboxylic acids is 1. The van der Waals surface area contributed by atoms with Crippen molar-refractivity contribution in [3.8, 4) is 0 Å². The van der Waals surface area contributed by atoms with Crippen molar-refractivity contribution in [2.75, 3.05) is 32.8 Å². The third-order valence-electron chi connectivity index (χ3n) is 4.71. The van der Waals surface area contributed by atoms with Crippen molar-refractivity contribution < 1.29 is 27.9 Å². The molecular weight excluding hydrogens is 360 g/mol. The van der Waals surface area contributed by atoms with E-state index < -0.39 is 27.9 Å². The van der Waals surface area contributed by atoms with Gasteiger partial charge < -0.3 is 14.7 Å². The molecule has 0 aromatic heterocycles. The quantitative estimate of drug-likeness (QED) is 0.826. The van der Waals surface area contributed by atoms with Gasteiger partial charge in [0.05, 0.1) is 18.1 Å². The minimum atomic E-state index is -3.66. The molecule has 2 saturated heterocycles. The molecule has 1 amide bonds. The van der Waals surface area contributed by atoms with Gasteiger partial charge in [0.25, 0.3) is 5.91 Å². The van der Waals surface area contributed by atoms with Gasteiger partial charge in [-0.2, -0.15) is 4.31 Å². The number of nitrogens with zero attached hydrogens (tertiary/aromatic N) is 2. The maximum atomic E-state index is 12.8. The van der Waals surface area contributed by atoms with E-state index in [0.29, 0.717) is 13.1 Å². The highest BCUT2D eigenvalue weighted by Crippen LogP contribution is 2.22. The molecule has 1 N–H and O–H groups in total. The standard InChI is InChI=1S/C17H22N2O6S/c20-16(19-9-10-25-12-15(19)17(21)22)13-5-4-6-14(11-13)26(23,24)18-7-2-1-3-8-18/h4-6,11,15H,1-3,7-10,12H2,(H,21,22). The molecular formula is C17H22N2O6S. The number of benzene rings is 1. The average Bonchev–Trinajstić information content (AvgIpc) is 2.68. The van der Waals surface area contributed by atoms with Crippen molar-refractivity contribution in [1.82, 2.24) is 9.21 Å². The van der Waals surface area contributed by atoms with Gasteiger partial charge in [-0.3, -0.25) is 4.79 Å². The van der Waals surface area contributed by atoms with Gasteiger partial charge in [0.1, 0.15) is 0 Å². The molecule has 1 unspecified atom stereocenters. The fraction of sp³-hybridized carbons (Fsp3) is 0.529. The van der Waals surface area contributed by atoms with Crippen LogP contribution in [-0.4, -0.2) is 73.5 Å². The van der Waals surface area contributed by atoms with Gasteiger partial charge in [0.2, 0.25) is 10.0 Å². The second kappa shape index (κ2) is 7.73. The van der Waals surface area contributed by atoms with Crippen molar-refractivity contribution >= 4 is 21.9 Å². The minimum absolute atomic E-state index is 0.0605. The van der Waals surface area contributed by atoms with Crippen LogP contribution in [0, 0.1) is 0 Å². The molecule has 9 heteroatoms. The van der Waals surface area contributed by atoms with Gasteiger partial charge in [0, 0.05) is 25.2 Å². The summed E-state index contributed by atoms with van der Waals surface area (Å²) in [6.45, 7) is 1.28. The van der Waals surface area contributed by atoms with E-state index in [1.165, 1.54) is 33.5 Å². The maximum Gasteiger partial charge on any atom is 0.328 e. The van der Waals surface area contributed by atoms with Crippen molar-refractivity contribution in [3.63, 3.8) is 0 Å². The Morgan fingerprint density at radius 3 is 2.54 bits per heavy atom. The highest BCUT2D eigenvalue weighted by molar-refractivity contribution is 7.89. The van der Waals surface area contributed by atoms with E-state index in [2.05, 4.69) is 0 Å². The Hall–Kier alpha value is -1.97. The summed E-state index contributed by atoms with van der Waals surface area (Å²) in [6.07, 6.45) is 2.66. The first kappa shape index (κ1) is 18.8. The zero-order valence-corrected chi connectivity index (χ0v) is 15.2. The number of piperidine rings is 1. The van der Waals surface area contributed by atoms with Crippen molar-refractivity contribution in [2.45, 2.75) is 30.2 Å². The third-order valence-corrected chi connectivity index (χ3v) is 6.60. The van der Waals surface area contributed by atoms with Gasteiger partial charge in [-0.25, -0.2) is 13.2 Å². The molecule has 0 radical (unpaired) electrons. The van der Waals surface area contributed by atoms with Crippen molar-refractivity contribution in [1.29, 1.82) is 0 Å². The number of ether oxygens (including phenoxy) is 1. The molecule has 2 fully saturated rings. The molecule has 2 heterocycles. The van der Waals surface area contributed by atoms with Crippen LogP contribution in [0.1, 0.15) is 29.6 Å². The fourth-order valence-electron chi connectivity index (χ4n) is 3.26. The SMILES string of the molecule is O=C(O)C1COCCN1C(=O)c1cccc(S(=O)(=O)N2CCCCC2)c1. The summed E-state index contributed by atoms with van der Waals surface area (Å²) in [7, 11) is -3.66. The number of amides is 1. The Morgan fingerprint density at radius 2 is 1.85 bits per heavy atom. The second-order valence-electron chi connectivity index (χ2n) is 6.42. The van der Waals surface area contributed by atoms with E-state index >= 15 is 0 Å². The summed E-state index contributed by atoms with van der Waals surface area (Å²) >= 11 is 0. The Balaban J connectivity index is 1.86. The molecule has 1 aromatic rings. The van der Waals surface area contributed by atoms with E-state index in [4.69, 9.17) is 4.74 Å². The molecule has 26 heavy (non-hydrogen) atoms. The van der Waals surface area contributed by atoms with Crippen LogP contribution < -0.4 is 0 Å². The average molecular weight is 382 g/mol. The molecule has 2 aliphatic heterocycles. The predicted octanol–water partition coefficient (Wildman–Crippen LogP) is 0.787. The van der Waals surface area contributed by atoms with Crippen LogP contribution in [0.2, 0.25) is 0 Å². The van der Waals surface area contributed by atoms with Crippen molar-refractivity contribution in [2.24, 2.45) is 0 Å². The van der Waals surface area contributed by atoms with Gasteiger partial charge in [0.15, 0.2) is 6.04 Å². The molecule has 0 bridgehead atoms. The number of carbonyl (C=O) groups excluding carboxylic acids is 1. The number of aliphatic carboxylic acids is 1. The maximum absolute atomic E-state index is 12.8. The van der Waals surface area contributed by atoms with Crippen LogP contribution in [-0.2, 0) is 19.6 Å². The lowest BCUT2D eigenvalue weighted by Crippen LogP contribution is -2.52. The minimum Gasteiger partial charge on any atom is -0.480 e. The number of hydrogen-bond donors (Lipinski definition) is 1. The third kappa shape index (κ3) is 3.74. The molecule has 0 saturated carbocycles. The summed E-state index contributed by atoms with van der Waals surface area (Å²) in [5.41, 5.74) is 0.163.